The molecule has 0 N–H and O–H groups in total. The van der Waals surface area contributed by atoms with Crippen molar-refractivity contribution < 1.29 is 9.13 Å². The minimum atomic E-state index is -0.220. The van der Waals surface area contributed by atoms with Crippen molar-refractivity contribution in [3.8, 4) is 11.8 Å². The Kier molecular flexibility index (Phi) is 5.30. The van der Waals surface area contributed by atoms with Gasteiger partial charge in [0.1, 0.15) is 18.2 Å². The maximum absolute atomic E-state index is 12.8. The van der Waals surface area contributed by atoms with Crippen LogP contribution in [0, 0.1) is 17.1 Å². The minimum absolute atomic E-state index is 0.220. The first-order valence-corrected chi connectivity index (χ1v) is 6.73. The van der Waals surface area contributed by atoms with Gasteiger partial charge in [0.05, 0.1) is 11.6 Å². The lowest BCUT2D eigenvalue weighted by atomic mass is 10.2. The molecule has 2 aromatic rings. The van der Waals surface area contributed by atoms with Crippen LogP contribution in [0.4, 0.5) is 4.39 Å². The van der Waals surface area contributed by atoms with Crippen molar-refractivity contribution in [2.24, 2.45) is 0 Å². The Morgan fingerprint density at radius 1 is 1.19 bits per heavy atom. The first-order chi connectivity index (χ1) is 10.2. The largest absolute Gasteiger partial charge is 0.492 e. The Morgan fingerprint density at radius 3 is 2.67 bits per heavy atom. The predicted octanol–water partition coefficient (Wildman–Crippen LogP) is 3.21. The van der Waals surface area contributed by atoms with E-state index in [1.165, 1.54) is 12.1 Å². The Morgan fingerprint density at radius 2 is 1.95 bits per heavy atom. The van der Waals surface area contributed by atoms with Crippen molar-refractivity contribution in [2.75, 3.05) is 20.2 Å². The molecule has 21 heavy (non-hydrogen) atoms. The third-order valence-electron chi connectivity index (χ3n) is 3.07. The number of nitriles is 1. The zero-order valence-corrected chi connectivity index (χ0v) is 11.9. The molecule has 0 aliphatic rings. The molecule has 0 atom stereocenters. The van der Waals surface area contributed by atoms with Gasteiger partial charge in [-0.15, -0.1) is 0 Å². The lowest BCUT2D eigenvalue weighted by Gasteiger charge is -2.17. The van der Waals surface area contributed by atoms with Crippen LogP contribution in [-0.2, 0) is 6.54 Å². The summed E-state index contributed by atoms with van der Waals surface area (Å²) in [5.74, 6) is 0.478. The molecule has 0 spiro atoms. The van der Waals surface area contributed by atoms with E-state index in [1.807, 2.05) is 13.1 Å². The third-order valence-corrected chi connectivity index (χ3v) is 3.07. The van der Waals surface area contributed by atoms with E-state index in [4.69, 9.17) is 10.00 Å². The lowest BCUT2D eigenvalue weighted by molar-refractivity contribution is 0.233. The molecule has 0 bridgehead atoms. The summed E-state index contributed by atoms with van der Waals surface area (Å²) in [6.45, 7) is 2.02. The van der Waals surface area contributed by atoms with Crippen LogP contribution in [0.25, 0.3) is 0 Å². The molecule has 0 fully saturated rings. The number of rotatable bonds is 6. The molecular formula is C17H17FN2O. The van der Waals surface area contributed by atoms with Gasteiger partial charge in [-0.25, -0.2) is 4.39 Å². The van der Waals surface area contributed by atoms with Crippen LogP contribution < -0.4 is 4.74 Å². The summed E-state index contributed by atoms with van der Waals surface area (Å²) in [7, 11) is 1.98. The van der Waals surface area contributed by atoms with Gasteiger partial charge in [-0.1, -0.05) is 18.2 Å². The van der Waals surface area contributed by atoms with Crippen LogP contribution in [0.3, 0.4) is 0 Å². The van der Waals surface area contributed by atoms with Gasteiger partial charge in [0.2, 0.25) is 0 Å². The highest BCUT2D eigenvalue weighted by Gasteiger charge is 2.02. The highest BCUT2D eigenvalue weighted by atomic mass is 19.1. The predicted molar refractivity (Wildman–Crippen MR) is 79.4 cm³/mol. The molecule has 3 nitrogen and oxygen atoms in total. The Labute approximate surface area is 124 Å². The van der Waals surface area contributed by atoms with E-state index in [1.54, 1.807) is 30.3 Å². The molecule has 0 amide bonds. The van der Waals surface area contributed by atoms with E-state index in [-0.39, 0.29) is 5.82 Å². The second-order valence-corrected chi connectivity index (χ2v) is 4.85. The van der Waals surface area contributed by atoms with E-state index in [0.717, 1.165) is 18.7 Å². The second kappa shape index (κ2) is 7.41. The monoisotopic (exact) mass is 284 g/mol. The average Bonchev–Trinajstić information content (AvgIpc) is 2.50. The molecule has 0 saturated carbocycles. The number of benzene rings is 2. The van der Waals surface area contributed by atoms with E-state index in [2.05, 4.69) is 11.0 Å². The van der Waals surface area contributed by atoms with Crippen molar-refractivity contribution in [2.45, 2.75) is 6.54 Å². The molecule has 0 aliphatic carbocycles. The fourth-order valence-electron chi connectivity index (χ4n) is 1.96. The van der Waals surface area contributed by atoms with Gasteiger partial charge in [-0.2, -0.15) is 5.26 Å². The van der Waals surface area contributed by atoms with Crippen LogP contribution in [0.15, 0.2) is 48.5 Å². The number of nitrogens with zero attached hydrogens (tertiary/aromatic N) is 2. The summed E-state index contributed by atoms with van der Waals surface area (Å²) in [6.07, 6.45) is 0. The fourth-order valence-corrected chi connectivity index (χ4v) is 1.96. The SMILES string of the molecule is CN(CCOc1cccc(C#N)c1)Cc1ccc(F)cc1. The Hall–Kier alpha value is -2.38. The molecule has 0 aromatic heterocycles. The van der Waals surface area contributed by atoms with Crippen LogP contribution in [0.2, 0.25) is 0 Å². The zero-order chi connectivity index (χ0) is 15.1. The van der Waals surface area contributed by atoms with Gasteiger partial charge in [-0.05, 0) is 42.9 Å². The summed E-state index contributed by atoms with van der Waals surface area (Å²) in [5.41, 5.74) is 1.65. The van der Waals surface area contributed by atoms with Crippen LogP contribution in [0.1, 0.15) is 11.1 Å². The third kappa shape index (κ3) is 4.90. The molecule has 0 aliphatic heterocycles. The van der Waals surface area contributed by atoms with E-state index < -0.39 is 0 Å². The Bertz CT molecular complexity index is 619. The van der Waals surface area contributed by atoms with Gasteiger partial charge in [-0.3, -0.25) is 4.90 Å². The molecule has 2 rings (SSSR count). The van der Waals surface area contributed by atoms with Crippen LogP contribution >= 0.6 is 0 Å². The van der Waals surface area contributed by atoms with Crippen molar-refractivity contribution in [1.82, 2.24) is 4.90 Å². The van der Waals surface area contributed by atoms with Crippen LogP contribution in [-0.4, -0.2) is 25.1 Å². The fraction of sp³-hybridized carbons (Fsp3) is 0.235. The van der Waals surface area contributed by atoms with Crippen molar-refractivity contribution in [1.29, 1.82) is 5.26 Å². The summed E-state index contributed by atoms with van der Waals surface area (Å²) in [4.78, 5) is 2.10. The quantitative estimate of drug-likeness (QED) is 0.817. The number of likely N-dealkylation sites (N-methyl/N-ethyl adjacent to an activating group) is 1. The highest BCUT2D eigenvalue weighted by Crippen LogP contribution is 2.12. The average molecular weight is 284 g/mol. The Balaban J connectivity index is 1.77. The zero-order valence-electron chi connectivity index (χ0n) is 11.9. The standard InChI is InChI=1S/C17H17FN2O/c1-20(13-14-5-7-16(18)8-6-14)9-10-21-17-4-2-3-15(11-17)12-19/h2-8,11H,9-10,13H2,1H3. The van der Waals surface area contributed by atoms with Crippen molar-refractivity contribution in [3.63, 3.8) is 0 Å². The summed E-state index contributed by atoms with van der Waals surface area (Å²) in [6, 6.07) is 15.7. The van der Waals surface area contributed by atoms with E-state index in [9.17, 15) is 4.39 Å². The normalized spacial score (nSPS) is 10.4. The molecule has 2 aromatic carbocycles. The highest BCUT2D eigenvalue weighted by molar-refractivity contribution is 5.36. The summed E-state index contributed by atoms with van der Waals surface area (Å²) >= 11 is 0. The molecule has 0 heterocycles. The summed E-state index contributed by atoms with van der Waals surface area (Å²) in [5, 5.41) is 8.82. The number of ether oxygens (including phenoxy) is 1. The number of hydrogen-bond donors (Lipinski definition) is 0. The topological polar surface area (TPSA) is 36.3 Å². The van der Waals surface area contributed by atoms with Gasteiger partial charge >= 0.3 is 0 Å². The van der Waals surface area contributed by atoms with Gasteiger partial charge in [0, 0.05) is 13.1 Å². The summed E-state index contributed by atoms with van der Waals surface area (Å²) < 4.78 is 18.4. The molecule has 108 valence electrons. The number of halogens is 1. The first kappa shape index (κ1) is 15.0. The van der Waals surface area contributed by atoms with Crippen molar-refractivity contribution in [3.05, 3.63) is 65.5 Å². The second-order valence-electron chi connectivity index (χ2n) is 4.85. The van der Waals surface area contributed by atoms with E-state index >= 15 is 0 Å². The molecule has 0 saturated heterocycles. The van der Waals surface area contributed by atoms with Gasteiger partial charge in [0.15, 0.2) is 0 Å². The molecule has 0 radical (unpaired) electrons. The van der Waals surface area contributed by atoms with Gasteiger partial charge in [0.25, 0.3) is 0 Å². The molecule has 4 heteroatoms. The maximum Gasteiger partial charge on any atom is 0.123 e. The van der Waals surface area contributed by atoms with Crippen LogP contribution in [0.5, 0.6) is 5.75 Å². The first-order valence-electron chi connectivity index (χ1n) is 6.73. The van der Waals surface area contributed by atoms with Crippen molar-refractivity contribution >= 4 is 0 Å². The lowest BCUT2D eigenvalue weighted by Crippen LogP contribution is -2.23. The molecular weight excluding hydrogens is 267 g/mol. The smallest absolute Gasteiger partial charge is 0.123 e. The maximum atomic E-state index is 12.8. The number of hydrogen-bond acceptors (Lipinski definition) is 3. The van der Waals surface area contributed by atoms with E-state index in [0.29, 0.717) is 17.9 Å². The van der Waals surface area contributed by atoms with Gasteiger partial charge < -0.3 is 4.74 Å². The minimum Gasteiger partial charge on any atom is -0.492 e. The molecule has 0 unspecified atom stereocenters.